The molecule has 0 bridgehead atoms. The lowest BCUT2D eigenvalue weighted by Crippen LogP contribution is -2.35. The molecule has 23 heavy (non-hydrogen) atoms. The lowest BCUT2D eigenvalue weighted by molar-refractivity contribution is -0.136. The van der Waals surface area contributed by atoms with Gasteiger partial charge in [-0.15, -0.1) is 0 Å². The number of rotatable bonds is 8. The third-order valence-electron chi connectivity index (χ3n) is 3.77. The van der Waals surface area contributed by atoms with Gasteiger partial charge in [-0.05, 0) is 32.9 Å². The second-order valence-corrected chi connectivity index (χ2v) is 5.51. The maximum Gasteiger partial charge on any atom is 0.303 e. The fraction of sp³-hybridized carbons (Fsp3) is 0.500. The minimum atomic E-state index is -0.917. The Kier molecular flexibility index (Phi) is 6.84. The van der Waals surface area contributed by atoms with Gasteiger partial charge in [0.25, 0.3) is 0 Å². The number of aryl methyl sites for hydroxylation is 2. The molecular formula is C16H24N4O3. The zero-order chi connectivity index (χ0) is 17.6. The van der Waals surface area contributed by atoms with Gasteiger partial charge in [0, 0.05) is 29.6 Å². The highest BCUT2D eigenvalue weighted by molar-refractivity contribution is 5.88. The van der Waals surface area contributed by atoms with Gasteiger partial charge >= 0.3 is 5.97 Å². The third-order valence-corrected chi connectivity index (χ3v) is 3.77. The van der Waals surface area contributed by atoms with E-state index in [4.69, 9.17) is 10.5 Å². The van der Waals surface area contributed by atoms with Gasteiger partial charge in [0.1, 0.15) is 11.9 Å². The Morgan fingerprint density at radius 1 is 1.48 bits per heavy atom. The highest BCUT2D eigenvalue weighted by Gasteiger charge is 2.19. The number of aromatic nitrogens is 1. The van der Waals surface area contributed by atoms with Crippen LogP contribution in [0.2, 0.25) is 0 Å². The first-order chi connectivity index (χ1) is 10.8. The van der Waals surface area contributed by atoms with Crippen LogP contribution in [0.15, 0.2) is 11.2 Å². The summed E-state index contributed by atoms with van der Waals surface area (Å²) in [7, 11) is 1.73. The van der Waals surface area contributed by atoms with Crippen LogP contribution in [0.4, 0.5) is 0 Å². The summed E-state index contributed by atoms with van der Waals surface area (Å²) in [6.07, 6.45) is 3.00. The number of aliphatic imine (C=N–C) groups is 1. The minimum absolute atomic E-state index is 0.0627. The summed E-state index contributed by atoms with van der Waals surface area (Å²) in [5.74, 6) is -1.07. The molecule has 0 aliphatic rings. The van der Waals surface area contributed by atoms with Crippen LogP contribution in [0.1, 0.15) is 36.6 Å². The van der Waals surface area contributed by atoms with Crippen LogP contribution in [0.25, 0.3) is 0 Å². The summed E-state index contributed by atoms with van der Waals surface area (Å²) in [6, 6.07) is 0. The fourth-order valence-corrected chi connectivity index (χ4v) is 2.14. The molecule has 0 aromatic carbocycles. The SMILES string of the molecule is CNC(N=Cc1c(C)cnc(C)c1O)C(C)C(=N)CCC(=O)O. The monoisotopic (exact) mass is 320 g/mol. The summed E-state index contributed by atoms with van der Waals surface area (Å²) in [4.78, 5) is 19.1. The molecule has 2 atom stereocenters. The Hall–Kier alpha value is -2.28. The predicted octanol–water partition coefficient (Wildman–Crippen LogP) is 1.89. The third kappa shape index (κ3) is 5.14. The summed E-state index contributed by atoms with van der Waals surface area (Å²) >= 11 is 0. The summed E-state index contributed by atoms with van der Waals surface area (Å²) in [5, 5.41) is 29.8. The van der Waals surface area contributed by atoms with Gasteiger partial charge in [0.05, 0.1) is 12.1 Å². The second kappa shape index (κ2) is 8.38. The molecule has 0 saturated heterocycles. The van der Waals surface area contributed by atoms with Crippen molar-refractivity contribution in [3.05, 3.63) is 23.0 Å². The minimum Gasteiger partial charge on any atom is -0.505 e. The van der Waals surface area contributed by atoms with E-state index in [1.165, 1.54) is 0 Å². The first-order valence-electron chi connectivity index (χ1n) is 7.42. The zero-order valence-corrected chi connectivity index (χ0v) is 13.9. The van der Waals surface area contributed by atoms with E-state index in [0.29, 0.717) is 17.0 Å². The number of aliphatic carboxylic acids is 1. The van der Waals surface area contributed by atoms with E-state index in [1.54, 1.807) is 26.4 Å². The van der Waals surface area contributed by atoms with Gasteiger partial charge in [-0.2, -0.15) is 0 Å². The van der Waals surface area contributed by atoms with E-state index < -0.39 is 5.97 Å². The maximum absolute atomic E-state index is 10.6. The smallest absolute Gasteiger partial charge is 0.303 e. The van der Waals surface area contributed by atoms with Crippen molar-refractivity contribution in [2.24, 2.45) is 10.9 Å². The van der Waals surface area contributed by atoms with Crippen molar-refractivity contribution < 1.29 is 15.0 Å². The molecule has 0 saturated carbocycles. The lowest BCUT2D eigenvalue weighted by Gasteiger charge is -2.20. The van der Waals surface area contributed by atoms with Crippen molar-refractivity contribution in [3.8, 4) is 5.75 Å². The fourth-order valence-electron chi connectivity index (χ4n) is 2.14. The van der Waals surface area contributed by atoms with Crippen LogP contribution >= 0.6 is 0 Å². The van der Waals surface area contributed by atoms with Gasteiger partial charge in [-0.1, -0.05) is 6.92 Å². The van der Waals surface area contributed by atoms with Crippen molar-refractivity contribution >= 4 is 17.9 Å². The molecule has 0 aliphatic heterocycles. The average Bonchev–Trinajstić information content (AvgIpc) is 2.51. The molecule has 0 aliphatic carbocycles. The first-order valence-corrected chi connectivity index (χ1v) is 7.42. The largest absolute Gasteiger partial charge is 0.505 e. The quantitative estimate of drug-likeness (QED) is 0.545. The van der Waals surface area contributed by atoms with Gasteiger partial charge in [-0.25, -0.2) is 0 Å². The van der Waals surface area contributed by atoms with E-state index in [2.05, 4.69) is 15.3 Å². The number of hydrogen-bond donors (Lipinski definition) is 4. The highest BCUT2D eigenvalue weighted by atomic mass is 16.4. The molecular weight excluding hydrogens is 296 g/mol. The zero-order valence-electron chi connectivity index (χ0n) is 13.9. The molecule has 0 spiro atoms. The summed E-state index contributed by atoms with van der Waals surface area (Å²) < 4.78 is 0. The molecule has 7 nitrogen and oxygen atoms in total. The topological polar surface area (TPSA) is 119 Å². The van der Waals surface area contributed by atoms with E-state index in [0.717, 1.165) is 5.56 Å². The molecule has 0 fully saturated rings. The number of carbonyl (C=O) groups is 1. The summed E-state index contributed by atoms with van der Waals surface area (Å²) in [6.45, 7) is 5.37. The molecule has 0 amide bonds. The standard InChI is InChI=1S/C16H24N4O3/c1-9-7-19-11(3)15(23)12(9)8-20-16(18-4)10(2)13(17)5-6-14(21)22/h7-8,10,16-18,23H,5-6H2,1-4H3,(H,21,22). The van der Waals surface area contributed by atoms with E-state index in [9.17, 15) is 9.90 Å². The van der Waals surface area contributed by atoms with Gasteiger partial charge in [0.2, 0.25) is 0 Å². The van der Waals surface area contributed by atoms with Gasteiger partial charge in [-0.3, -0.25) is 20.1 Å². The number of hydrogen-bond acceptors (Lipinski definition) is 6. The number of carboxylic acids is 1. The van der Waals surface area contributed by atoms with E-state index in [1.807, 2.05) is 13.8 Å². The molecule has 4 N–H and O–H groups in total. The Bertz CT molecular complexity index is 614. The number of nitrogens with one attached hydrogen (secondary N) is 2. The van der Waals surface area contributed by atoms with Crippen LogP contribution in [-0.4, -0.2) is 46.3 Å². The molecule has 1 heterocycles. The van der Waals surface area contributed by atoms with Crippen molar-refractivity contribution in [3.63, 3.8) is 0 Å². The molecule has 1 aromatic heterocycles. The Morgan fingerprint density at radius 2 is 2.13 bits per heavy atom. The Balaban J connectivity index is 2.89. The summed E-state index contributed by atoms with van der Waals surface area (Å²) in [5.41, 5.74) is 2.26. The van der Waals surface area contributed by atoms with E-state index in [-0.39, 0.29) is 30.7 Å². The molecule has 126 valence electrons. The normalized spacial score (nSPS) is 13.9. The number of nitrogens with zero attached hydrogens (tertiary/aromatic N) is 2. The van der Waals surface area contributed by atoms with Crippen LogP contribution in [0, 0.1) is 25.2 Å². The molecule has 0 radical (unpaired) electrons. The van der Waals surface area contributed by atoms with E-state index >= 15 is 0 Å². The van der Waals surface area contributed by atoms with Crippen molar-refractivity contribution in [1.29, 1.82) is 5.41 Å². The molecule has 1 aromatic rings. The average molecular weight is 320 g/mol. The van der Waals surface area contributed by atoms with Gasteiger partial charge < -0.3 is 15.6 Å². The number of pyridine rings is 1. The number of aromatic hydroxyl groups is 1. The van der Waals surface area contributed by atoms with Crippen LogP contribution < -0.4 is 5.32 Å². The number of carboxylic acid groups (broad SMARTS) is 1. The predicted molar refractivity (Wildman–Crippen MR) is 89.6 cm³/mol. The Morgan fingerprint density at radius 3 is 2.70 bits per heavy atom. The van der Waals surface area contributed by atoms with Crippen LogP contribution in [-0.2, 0) is 4.79 Å². The van der Waals surface area contributed by atoms with Crippen molar-refractivity contribution in [2.45, 2.75) is 39.8 Å². The van der Waals surface area contributed by atoms with Gasteiger partial charge in [0.15, 0.2) is 0 Å². The Labute approximate surface area is 136 Å². The maximum atomic E-state index is 10.6. The van der Waals surface area contributed by atoms with Crippen molar-refractivity contribution in [1.82, 2.24) is 10.3 Å². The van der Waals surface area contributed by atoms with Crippen LogP contribution in [0.3, 0.4) is 0 Å². The lowest BCUT2D eigenvalue weighted by atomic mass is 9.98. The van der Waals surface area contributed by atoms with Crippen LogP contribution in [0.5, 0.6) is 5.75 Å². The first kappa shape index (κ1) is 18.8. The van der Waals surface area contributed by atoms with Crippen molar-refractivity contribution in [2.75, 3.05) is 7.05 Å². The molecule has 2 unspecified atom stereocenters. The molecule has 7 heteroatoms. The second-order valence-electron chi connectivity index (χ2n) is 5.51. The molecule has 1 rings (SSSR count). The highest BCUT2D eigenvalue weighted by Crippen LogP contribution is 2.21.